The smallest absolute Gasteiger partial charge is 0.220 e. The highest BCUT2D eigenvalue weighted by Crippen LogP contribution is 2.38. The Labute approximate surface area is 195 Å². The summed E-state index contributed by atoms with van der Waals surface area (Å²) < 4.78 is 12.7. The van der Waals surface area contributed by atoms with E-state index in [4.69, 9.17) is 27.5 Å². The molecule has 1 aromatic heterocycles. The fourth-order valence-electron chi connectivity index (χ4n) is 3.00. The Morgan fingerprint density at radius 1 is 1.25 bits per heavy atom. The van der Waals surface area contributed by atoms with Crippen molar-refractivity contribution in [3.63, 3.8) is 0 Å². The molecule has 32 heavy (non-hydrogen) atoms. The van der Waals surface area contributed by atoms with E-state index in [9.17, 15) is 10.1 Å². The second-order valence-electron chi connectivity index (χ2n) is 6.60. The lowest BCUT2D eigenvalue weighted by molar-refractivity contribution is -0.479. The lowest BCUT2D eigenvalue weighted by Gasteiger charge is -2.15. The van der Waals surface area contributed by atoms with Crippen LogP contribution in [0.15, 0.2) is 47.6 Å². The summed E-state index contributed by atoms with van der Waals surface area (Å²) in [4.78, 5) is 11.0. The largest absolute Gasteiger partial charge is 0.494 e. The third-order valence-electron chi connectivity index (χ3n) is 4.40. The number of hydrogen-bond donors (Lipinski definition) is 0. The van der Waals surface area contributed by atoms with Gasteiger partial charge in [0.05, 0.1) is 11.6 Å². The molecule has 0 N–H and O–H groups in total. The Bertz CT molecular complexity index is 1130. The summed E-state index contributed by atoms with van der Waals surface area (Å²) >= 11 is 7.55. The van der Waals surface area contributed by atoms with Gasteiger partial charge in [-0.2, -0.15) is 0 Å². The molecule has 1 heterocycles. The van der Waals surface area contributed by atoms with Crippen LogP contribution >= 0.6 is 23.4 Å². The van der Waals surface area contributed by atoms with Gasteiger partial charge in [0, 0.05) is 10.6 Å². The van der Waals surface area contributed by atoms with Gasteiger partial charge in [-0.25, -0.2) is 0 Å². The van der Waals surface area contributed by atoms with Crippen LogP contribution in [-0.2, 0) is 0 Å². The molecule has 8 nitrogen and oxygen atoms in total. The number of hydrogen-bond acceptors (Lipinski definition) is 7. The molecular weight excluding hydrogens is 452 g/mol. The van der Waals surface area contributed by atoms with Crippen LogP contribution in [0.5, 0.6) is 11.5 Å². The van der Waals surface area contributed by atoms with E-state index in [0.29, 0.717) is 33.9 Å². The SMILES string of the molecule is C#CCOc1ccc([C@H](C[N+](=O)[O-])Sc2nnc(C)n2-c2ccc(OCC)cc2)cc1Cl. The number of terminal acetylenes is 1. The number of rotatable bonds is 10. The number of thioether (sulfide) groups is 1. The number of nitro groups is 1. The summed E-state index contributed by atoms with van der Waals surface area (Å²) in [5.74, 6) is 4.21. The van der Waals surface area contributed by atoms with Crippen molar-refractivity contribution in [1.29, 1.82) is 0 Å². The molecule has 0 aliphatic rings. The monoisotopic (exact) mass is 472 g/mol. The lowest BCUT2D eigenvalue weighted by Crippen LogP contribution is -2.11. The molecule has 2 aromatic carbocycles. The molecule has 0 unspecified atom stereocenters. The Morgan fingerprint density at radius 2 is 2.00 bits per heavy atom. The fraction of sp³-hybridized carbons (Fsp3) is 0.273. The Kier molecular flexibility index (Phi) is 7.98. The van der Waals surface area contributed by atoms with Crippen LogP contribution in [0.4, 0.5) is 0 Å². The Hall–Kier alpha value is -3.22. The highest BCUT2D eigenvalue weighted by atomic mass is 35.5. The third-order valence-corrected chi connectivity index (χ3v) is 5.88. The average molecular weight is 473 g/mol. The van der Waals surface area contributed by atoms with E-state index in [1.807, 2.05) is 42.7 Å². The van der Waals surface area contributed by atoms with Crippen molar-refractivity contribution in [1.82, 2.24) is 14.8 Å². The summed E-state index contributed by atoms with van der Waals surface area (Å²) in [6.45, 7) is 4.08. The first-order valence-corrected chi connectivity index (χ1v) is 11.0. The number of aryl methyl sites for hydroxylation is 1. The van der Waals surface area contributed by atoms with E-state index in [1.54, 1.807) is 18.2 Å². The van der Waals surface area contributed by atoms with Crippen molar-refractivity contribution < 1.29 is 14.4 Å². The predicted octanol–water partition coefficient (Wildman–Crippen LogP) is 4.75. The number of benzene rings is 2. The van der Waals surface area contributed by atoms with Crippen molar-refractivity contribution in [3.8, 4) is 29.5 Å². The van der Waals surface area contributed by atoms with Crippen LogP contribution in [0.2, 0.25) is 5.02 Å². The second kappa shape index (κ2) is 10.9. The number of ether oxygens (including phenoxy) is 2. The van der Waals surface area contributed by atoms with Crippen molar-refractivity contribution in [2.24, 2.45) is 0 Å². The molecule has 0 aliphatic carbocycles. The molecule has 0 spiro atoms. The van der Waals surface area contributed by atoms with Crippen molar-refractivity contribution in [2.45, 2.75) is 24.3 Å². The standard InChI is InChI=1S/C22H21ClN4O4S/c1-4-12-31-20-11-6-16(13-19(20)23)21(14-26(28)29)32-22-25-24-15(3)27(22)17-7-9-18(10-8-17)30-5-2/h1,6-11,13,21H,5,12,14H2,2-3H3/t21-/m0/s1. The zero-order valence-electron chi connectivity index (χ0n) is 17.5. The van der Waals surface area contributed by atoms with Gasteiger partial charge in [0.2, 0.25) is 6.54 Å². The van der Waals surface area contributed by atoms with Crippen LogP contribution in [0.25, 0.3) is 5.69 Å². The molecule has 0 aliphatic heterocycles. The van der Waals surface area contributed by atoms with Crippen LogP contribution in [0.1, 0.15) is 23.6 Å². The van der Waals surface area contributed by atoms with Crippen LogP contribution in [0, 0.1) is 29.4 Å². The normalized spacial score (nSPS) is 11.6. The zero-order valence-corrected chi connectivity index (χ0v) is 19.1. The van der Waals surface area contributed by atoms with E-state index < -0.39 is 5.25 Å². The van der Waals surface area contributed by atoms with E-state index in [2.05, 4.69) is 16.1 Å². The Morgan fingerprint density at radius 3 is 2.62 bits per heavy atom. The quantitative estimate of drug-likeness (QED) is 0.182. The molecule has 0 saturated carbocycles. The molecule has 0 fully saturated rings. The molecule has 3 rings (SSSR count). The maximum Gasteiger partial charge on any atom is 0.220 e. The highest BCUT2D eigenvalue weighted by Gasteiger charge is 2.24. The maximum absolute atomic E-state index is 11.4. The molecule has 1 atom stereocenters. The topological polar surface area (TPSA) is 92.3 Å². The molecule has 3 aromatic rings. The van der Waals surface area contributed by atoms with Crippen molar-refractivity contribution in [2.75, 3.05) is 19.8 Å². The number of aromatic nitrogens is 3. The summed E-state index contributed by atoms with van der Waals surface area (Å²) in [7, 11) is 0. The third kappa shape index (κ3) is 5.72. The minimum Gasteiger partial charge on any atom is -0.494 e. The van der Waals surface area contributed by atoms with E-state index in [-0.39, 0.29) is 18.1 Å². The van der Waals surface area contributed by atoms with E-state index in [0.717, 1.165) is 11.4 Å². The minimum atomic E-state index is -0.547. The molecule has 0 amide bonds. The van der Waals surface area contributed by atoms with Gasteiger partial charge in [-0.15, -0.1) is 16.6 Å². The first-order valence-electron chi connectivity index (χ1n) is 9.72. The first kappa shape index (κ1) is 23.4. The molecule has 0 radical (unpaired) electrons. The summed E-state index contributed by atoms with van der Waals surface area (Å²) in [5, 5.41) is 20.1. The first-order chi connectivity index (χ1) is 15.4. The molecule has 10 heteroatoms. The van der Waals surface area contributed by atoms with Gasteiger partial charge in [-0.3, -0.25) is 14.7 Å². The minimum absolute atomic E-state index is 0.0800. The number of nitrogens with zero attached hydrogens (tertiary/aromatic N) is 4. The second-order valence-corrected chi connectivity index (χ2v) is 8.17. The maximum atomic E-state index is 11.4. The molecule has 0 saturated heterocycles. The van der Waals surface area contributed by atoms with Crippen LogP contribution < -0.4 is 9.47 Å². The van der Waals surface area contributed by atoms with Gasteiger partial charge in [0.25, 0.3) is 0 Å². The molecule has 166 valence electrons. The van der Waals surface area contributed by atoms with Crippen LogP contribution in [0.3, 0.4) is 0 Å². The van der Waals surface area contributed by atoms with Gasteiger partial charge in [-0.1, -0.05) is 35.3 Å². The van der Waals surface area contributed by atoms with Crippen LogP contribution in [-0.4, -0.2) is 39.4 Å². The summed E-state index contributed by atoms with van der Waals surface area (Å²) in [6, 6.07) is 12.5. The highest BCUT2D eigenvalue weighted by molar-refractivity contribution is 7.99. The fourth-order valence-corrected chi connectivity index (χ4v) is 4.41. The van der Waals surface area contributed by atoms with Gasteiger partial charge in [0.1, 0.15) is 29.2 Å². The predicted molar refractivity (Wildman–Crippen MR) is 124 cm³/mol. The van der Waals surface area contributed by atoms with E-state index in [1.165, 1.54) is 11.8 Å². The van der Waals surface area contributed by atoms with Crippen molar-refractivity contribution in [3.05, 3.63) is 69.0 Å². The molecular formula is C22H21ClN4O4S. The Balaban J connectivity index is 1.91. The van der Waals surface area contributed by atoms with Gasteiger partial charge in [-0.05, 0) is 55.8 Å². The van der Waals surface area contributed by atoms with Crippen molar-refractivity contribution >= 4 is 23.4 Å². The van der Waals surface area contributed by atoms with Gasteiger partial charge < -0.3 is 9.47 Å². The zero-order chi connectivity index (χ0) is 23.1. The lowest BCUT2D eigenvalue weighted by atomic mass is 10.1. The van der Waals surface area contributed by atoms with Gasteiger partial charge >= 0.3 is 0 Å². The summed E-state index contributed by atoms with van der Waals surface area (Å²) in [5.41, 5.74) is 1.50. The van der Waals surface area contributed by atoms with E-state index >= 15 is 0 Å². The summed E-state index contributed by atoms with van der Waals surface area (Å²) in [6.07, 6.45) is 5.21. The average Bonchev–Trinajstić information content (AvgIpc) is 3.13. The van der Waals surface area contributed by atoms with Gasteiger partial charge in [0.15, 0.2) is 5.16 Å². The number of halogens is 1. The molecule has 0 bridgehead atoms.